The van der Waals surface area contributed by atoms with Gasteiger partial charge in [-0.2, -0.15) is 0 Å². The highest BCUT2D eigenvalue weighted by molar-refractivity contribution is 8.16. The molecule has 0 amide bonds. The lowest BCUT2D eigenvalue weighted by atomic mass is 9.70. The van der Waals surface area contributed by atoms with E-state index in [1.807, 2.05) is 11.5 Å². The van der Waals surface area contributed by atoms with E-state index in [4.69, 9.17) is 4.99 Å². The summed E-state index contributed by atoms with van der Waals surface area (Å²) in [6.07, 6.45) is 3.55. The van der Waals surface area contributed by atoms with Gasteiger partial charge in [-0.1, -0.05) is 44.7 Å². The van der Waals surface area contributed by atoms with E-state index in [0.29, 0.717) is 16.5 Å². The first-order chi connectivity index (χ1) is 12.3. The standard InChI is InChI=1S/C19H22N4O2S/c1-18(2)13-7-8-19(18,3)16(10-13)20-17-22-21-15(11-26-17)12-5-4-6-14(9-12)23(24)25/h4-6,9,11,13,21H,7-8,10H2,1-3H3/t13-,19-/m1/s1. The third-order valence-electron chi connectivity index (χ3n) is 6.66. The molecule has 3 aliphatic rings. The summed E-state index contributed by atoms with van der Waals surface area (Å²) in [5, 5.41) is 18.0. The summed E-state index contributed by atoms with van der Waals surface area (Å²) >= 11 is 1.46. The zero-order valence-corrected chi connectivity index (χ0v) is 16.0. The van der Waals surface area contributed by atoms with Crippen LogP contribution in [0.2, 0.25) is 0 Å². The molecule has 4 rings (SSSR count). The molecule has 2 fully saturated rings. The summed E-state index contributed by atoms with van der Waals surface area (Å²) in [4.78, 5) is 15.4. The topological polar surface area (TPSA) is 79.9 Å². The highest BCUT2D eigenvalue weighted by Gasteiger charge is 2.59. The lowest BCUT2D eigenvalue weighted by Gasteiger charge is -2.34. The zero-order valence-electron chi connectivity index (χ0n) is 15.2. The van der Waals surface area contributed by atoms with Gasteiger partial charge in [-0.25, -0.2) is 4.99 Å². The van der Waals surface area contributed by atoms with Gasteiger partial charge in [0.25, 0.3) is 5.69 Å². The quantitative estimate of drug-likeness (QED) is 0.600. The first kappa shape index (κ1) is 17.3. The van der Waals surface area contributed by atoms with E-state index in [2.05, 4.69) is 31.3 Å². The number of nitrogens with one attached hydrogen (secondary N) is 1. The number of hydrogen-bond acceptors (Lipinski definition) is 6. The minimum absolute atomic E-state index is 0.0716. The highest BCUT2D eigenvalue weighted by atomic mass is 32.2. The number of benzene rings is 1. The molecule has 26 heavy (non-hydrogen) atoms. The van der Waals surface area contributed by atoms with E-state index >= 15 is 0 Å². The first-order valence-electron chi connectivity index (χ1n) is 8.85. The minimum Gasteiger partial charge on any atom is -0.275 e. The minimum atomic E-state index is -0.391. The molecule has 7 heteroatoms. The monoisotopic (exact) mass is 370 g/mol. The van der Waals surface area contributed by atoms with Crippen LogP contribution in [0.5, 0.6) is 0 Å². The van der Waals surface area contributed by atoms with Crippen molar-refractivity contribution in [3.05, 3.63) is 45.4 Å². The SMILES string of the molecule is CC1(C)[C@@H]2CC[C@]1(C)C(=NC1=NNC(c3cccc([N+](=O)[O-])c3)=CS1)C2. The number of nitrogens with zero attached hydrogens (tertiary/aromatic N) is 3. The van der Waals surface area contributed by atoms with Crippen molar-refractivity contribution in [2.24, 2.45) is 26.8 Å². The Morgan fingerprint density at radius 2 is 2.19 bits per heavy atom. The Bertz CT molecular complexity index is 874. The van der Waals surface area contributed by atoms with Crippen LogP contribution in [0.1, 0.15) is 45.6 Å². The molecule has 2 saturated carbocycles. The second-order valence-corrected chi connectivity index (χ2v) is 8.85. The van der Waals surface area contributed by atoms with Crippen LogP contribution >= 0.6 is 11.8 Å². The predicted molar refractivity (Wildman–Crippen MR) is 106 cm³/mol. The van der Waals surface area contributed by atoms with Gasteiger partial charge >= 0.3 is 0 Å². The van der Waals surface area contributed by atoms with E-state index < -0.39 is 4.92 Å². The zero-order chi connectivity index (χ0) is 18.5. The fraction of sp³-hybridized carbons (Fsp3) is 0.474. The molecule has 1 aliphatic heterocycles. The van der Waals surface area contributed by atoms with Gasteiger partial charge in [0.1, 0.15) is 0 Å². The molecule has 0 saturated heterocycles. The van der Waals surface area contributed by atoms with Gasteiger partial charge in [0, 0.05) is 34.2 Å². The van der Waals surface area contributed by atoms with Crippen LogP contribution in [0, 0.1) is 26.9 Å². The number of nitro groups is 1. The van der Waals surface area contributed by atoms with Gasteiger partial charge in [-0.15, -0.1) is 5.10 Å². The number of hydrogen-bond donors (Lipinski definition) is 1. The normalized spacial score (nSPS) is 30.7. The molecular formula is C19H22N4O2S. The molecule has 6 nitrogen and oxygen atoms in total. The molecule has 2 atom stereocenters. The molecule has 0 unspecified atom stereocenters. The fourth-order valence-corrected chi connectivity index (χ4v) is 5.13. The van der Waals surface area contributed by atoms with Gasteiger partial charge < -0.3 is 0 Å². The Hall–Kier alpha value is -2.15. The molecule has 1 aromatic carbocycles. The van der Waals surface area contributed by atoms with Crippen LogP contribution < -0.4 is 5.43 Å². The van der Waals surface area contributed by atoms with Crippen LogP contribution in [-0.4, -0.2) is 15.8 Å². The number of fused-ring (bicyclic) bond motifs is 2. The van der Waals surface area contributed by atoms with E-state index in [9.17, 15) is 10.1 Å². The second-order valence-electron chi connectivity index (χ2n) is 8.02. The summed E-state index contributed by atoms with van der Waals surface area (Å²) in [5.41, 5.74) is 6.29. The van der Waals surface area contributed by atoms with Crippen LogP contribution in [0.25, 0.3) is 5.70 Å². The third kappa shape index (κ3) is 2.57. The second kappa shape index (κ2) is 5.94. The summed E-state index contributed by atoms with van der Waals surface area (Å²) in [7, 11) is 0. The smallest absolute Gasteiger partial charge is 0.270 e. The van der Waals surface area contributed by atoms with Crippen molar-refractivity contribution in [1.82, 2.24) is 5.43 Å². The summed E-state index contributed by atoms with van der Waals surface area (Å²) in [6, 6.07) is 6.54. The van der Waals surface area contributed by atoms with Gasteiger partial charge in [-0.3, -0.25) is 15.5 Å². The number of amidine groups is 1. The van der Waals surface area contributed by atoms with Gasteiger partial charge in [-0.05, 0) is 30.6 Å². The average molecular weight is 370 g/mol. The number of thioether (sulfide) groups is 1. The van der Waals surface area contributed by atoms with Crippen molar-refractivity contribution in [3.8, 4) is 0 Å². The predicted octanol–water partition coefficient (Wildman–Crippen LogP) is 4.79. The molecular weight excluding hydrogens is 348 g/mol. The lowest BCUT2D eigenvalue weighted by molar-refractivity contribution is -0.384. The number of aliphatic imine (C=N–C) groups is 1. The maximum atomic E-state index is 10.9. The number of nitro benzene ring substituents is 1. The molecule has 1 heterocycles. The molecule has 136 valence electrons. The van der Waals surface area contributed by atoms with Gasteiger partial charge in [0.05, 0.1) is 10.6 Å². The maximum absolute atomic E-state index is 10.9. The largest absolute Gasteiger partial charge is 0.275 e. The maximum Gasteiger partial charge on any atom is 0.270 e. The third-order valence-corrected chi connectivity index (χ3v) is 7.41. The highest BCUT2D eigenvalue weighted by Crippen LogP contribution is 2.64. The van der Waals surface area contributed by atoms with Crippen LogP contribution in [0.4, 0.5) is 5.69 Å². The van der Waals surface area contributed by atoms with Crippen LogP contribution in [0.3, 0.4) is 0 Å². The molecule has 0 radical (unpaired) electrons. The number of hydrazone groups is 1. The van der Waals surface area contributed by atoms with Crippen molar-refractivity contribution < 1.29 is 4.92 Å². The van der Waals surface area contributed by atoms with E-state index in [0.717, 1.165) is 17.7 Å². The van der Waals surface area contributed by atoms with Gasteiger partial charge in [0.2, 0.25) is 5.17 Å². The van der Waals surface area contributed by atoms with Crippen LogP contribution in [-0.2, 0) is 0 Å². The van der Waals surface area contributed by atoms with E-state index in [1.165, 1.54) is 36.4 Å². The van der Waals surface area contributed by atoms with Crippen molar-refractivity contribution >= 4 is 34.0 Å². The van der Waals surface area contributed by atoms with Crippen molar-refractivity contribution in [1.29, 1.82) is 0 Å². The summed E-state index contributed by atoms with van der Waals surface area (Å²) in [6.45, 7) is 7.06. The Labute approximate surface area is 157 Å². The Morgan fingerprint density at radius 1 is 1.38 bits per heavy atom. The molecule has 1 N–H and O–H groups in total. The lowest BCUT2D eigenvalue weighted by Crippen LogP contribution is -2.33. The Kier molecular flexibility index (Phi) is 3.95. The van der Waals surface area contributed by atoms with Crippen LogP contribution in [0.15, 0.2) is 39.8 Å². The molecule has 2 bridgehead atoms. The van der Waals surface area contributed by atoms with Crippen molar-refractivity contribution in [2.45, 2.75) is 40.0 Å². The average Bonchev–Trinajstić information content (AvgIpc) is 2.96. The molecule has 1 aromatic rings. The molecule has 2 aliphatic carbocycles. The number of non-ortho nitro benzene ring substituents is 1. The summed E-state index contributed by atoms with van der Waals surface area (Å²) < 4.78 is 0. The summed E-state index contributed by atoms with van der Waals surface area (Å²) in [5.74, 6) is 0.712. The fourth-order valence-electron chi connectivity index (χ4n) is 4.46. The van der Waals surface area contributed by atoms with Gasteiger partial charge in [0.15, 0.2) is 0 Å². The molecule has 0 spiro atoms. The Balaban J connectivity index is 1.52. The number of rotatable bonds is 2. The van der Waals surface area contributed by atoms with Crippen molar-refractivity contribution in [2.75, 3.05) is 0 Å². The van der Waals surface area contributed by atoms with E-state index in [1.54, 1.807) is 12.1 Å². The molecule has 0 aromatic heterocycles. The van der Waals surface area contributed by atoms with E-state index in [-0.39, 0.29) is 11.1 Å². The first-order valence-corrected chi connectivity index (χ1v) is 9.72. The Morgan fingerprint density at radius 3 is 2.77 bits per heavy atom. The van der Waals surface area contributed by atoms with Crippen molar-refractivity contribution in [3.63, 3.8) is 0 Å².